The van der Waals surface area contributed by atoms with Gasteiger partial charge in [-0.15, -0.1) is 0 Å². The highest BCUT2D eigenvalue weighted by Crippen LogP contribution is 2.12. The largest absolute Gasteiger partial charge is 0.336 e. The molecule has 1 unspecified atom stereocenters. The Labute approximate surface area is 98.1 Å². The molecule has 0 spiro atoms. The summed E-state index contributed by atoms with van der Waals surface area (Å²) in [6.45, 7) is 3.49. The molecule has 5 heteroatoms. The predicted molar refractivity (Wildman–Crippen MR) is 58.1 cm³/mol. The summed E-state index contributed by atoms with van der Waals surface area (Å²) in [6, 6.07) is 4.49. The predicted octanol–water partition coefficient (Wildman–Crippen LogP) is 2.24. The average Bonchev–Trinajstić information content (AvgIpc) is 2.28. The van der Waals surface area contributed by atoms with Gasteiger partial charge in [-0.25, -0.2) is 8.78 Å². The standard InChI is InChI=1S/C12H12F2N2O/c1-7(2)10(6-15)16-12(17)8-4-3-5-9(13)11(8)14/h3-5,7,10H,1-2H3,(H,16,17). The number of halogens is 2. The molecule has 1 atom stereocenters. The molecule has 0 bridgehead atoms. The molecule has 0 aliphatic carbocycles. The molecule has 1 rings (SSSR count). The van der Waals surface area contributed by atoms with E-state index in [4.69, 9.17) is 5.26 Å². The fourth-order valence-electron chi connectivity index (χ4n) is 1.25. The van der Waals surface area contributed by atoms with Crippen LogP contribution in [0.5, 0.6) is 0 Å². The van der Waals surface area contributed by atoms with Crippen molar-refractivity contribution >= 4 is 5.91 Å². The zero-order chi connectivity index (χ0) is 13.0. The van der Waals surface area contributed by atoms with Gasteiger partial charge in [-0.2, -0.15) is 5.26 Å². The Balaban J connectivity index is 2.91. The van der Waals surface area contributed by atoms with Crippen LogP contribution in [0.2, 0.25) is 0 Å². The molecule has 0 radical (unpaired) electrons. The minimum Gasteiger partial charge on any atom is -0.336 e. The Morgan fingerprint density at radius 3 is 2.59 bits per heavy atom. The highest BCUT2D eigenvalue weighted by molar-refractivity contribution is 5.94. The second kappa shape index (κ2) is 5.39. The lowest BCUT2D eigenvalue weighted by atomic mass is 10.1. The van der Waals surface area contributed by atoms with Crippen molar-refractivity contribution in [2.75, 3.05) is 0 Å². The van der Waals surface area contributed by atoms with Crippen molar-refractivity contribution in [1.82, 2.24) is 5.32 Å². The normalized spacial score (nSPS) is 12.0. The van der Waals surface area contributed by atoms with Crippen LogP contribution in [0, 0.1) is 28.9 Å². The van der Waals surface area contributed by atoms with Gasteiger partial charge in [0.05, 0.1) is 11.6 Å². The second-order valence-corrected chi connectivity index (χ2v) is 3.93. The van der Waals surface area contributed by atoms with Gasteiger partial charge in [-0.05, 0) is 18.1 Å². The molecule has 0 heterocycles. The zero-order valence-electron chi connectivity index (χ0n) is 9.50. The molecule has 0 aromatic heterocycles. The lowest BCUT2D eigenvalue weighted by molar-refractivity contribution is 0.0932. The number of rotatable bonds is 3. The summed E-state index contributed by atoms with van der Waals surface area (Å²) in [7, 11) is 0. The third-order valence-electron chi connectivity index (χ3n) is 2.29. The molecule has 0 saturated heterocycles. The molecular weight excluding hydrogens is 226 g/mol. The molecule has 90 valence electrons. The van der Waals surface area contributed by atoms with E-state index in [1.807, 2.05) is 6.07 Å². The number of nitrogens with one attached hydrogen (secondary N) is 1. The van der Waals surface area contributed by atoms with E-state index in [1.165, 1.54) is 12.1 Å². The van der Waals surface area contributed by atoms with E-state index in [9.17, 15) is 13.6 Å². The van der Waals surface area contributed by atoms with Crippen molar-refractivity contribution in [1.29, 1.82) is 5.26 Å². The third-order valence-corrected chi connectivity index (χ3v) is 2.29. The molecule has 17 heavy (non-hydrogen) atoms. The number of nitriles is 1. The van der Waals surface area contributed by atoms with Crippen LogP contribution >= 0.6 is 0 Å². The first-order valence-electron chi connectivity index (χ1n) is 5.12. The third kappa shape index (κ3) is 3.00. The Hall–Kier alpha value is -1.96. The molecule has 1 aromatic rings. The quantitative estimate of drug-likeness (QED) is 0.878. The summed E-state index contributed by atoms with van der Waals surface area (Å²) in [5, 5.41) is 11.1. The lowest BCUT2D eigenvalue weighted by Gasteiger charge is -2.15. The first-order chi connectivity index (χ1) is 7.97. The van der Waals surface area contributed by atoms with Crippen LogP contribution in [0.4, 0.5) is 8.78 Å². The van der Waals surface area contributed by atoms with Gasteiger partial charge in [0.25, 0.3) is 5.91 Å². The maximum Gasteiger partial charge on any atom is 0.255 e. The van der Waals surface area contributed by atoms with E-state index in [0.29, 0.717) is 0 Å². The van der Waals surface area contributed by atoms with E-state index in [1.54, 1.807) is 13.8 Å². The molecule has 0 saturated carbocycles. The number of carbonyl (C=O) groups excluding carboxylic acids is 1. The highest BCUT2D eigenvalue weighted by Gasteiger charge is 2.20. The van der Waals surface area contributed by atoms with Gasteiger partial charge >= 0.3 is 0 Å². The number of amides is 1. The topological polar surface area (TPSA) is 52.9 Å². The summed E-state index contributed by atoms with van der Waals surface area (Å²) in [5.41, 5.74) is -0.397. The van der Waals surface area contributed by atoms with Crippen molar-refractivity contribution in [3.8, 4) is 6.07 Å². The van der Waals surface area contributed by atoms with Crippen LogP contribution in [0.15, 0.2) is 18.2 Å². The van der Waals surface area contributed by atoms with Gasteiger partial charge in [0.2, 0.25) is 0 Å². The Kier molecular flexibility index (Phi) is 4.16. The zero-order valence-corrected chi connectivity index (χ0v) is 9.50. The van der Waals surface area contributed by atoms with Crippen LogP contribution in [0.25, 0.3) is 0 Å². The lowest BCUT2D eigenvalue weighted by Crippen LogP contribution is -2.37. The molecule has 3 nitrogen and oxygen atoms in total. The summed E-state index contributed by atoms with van der Waals surface area (Å²) in [4.78, 5) is 11.6. The SMILES string of the molecule is CC(C)C(C#N)NC(=O)c1cccc(F)c1F. The molecule has 1 N–H and O–H groups in total. The molecule has 0 aliphatic heterocycles. The minimum atomic E-state index is -1.20. The van der Waals surface area contributed by atoms with Crippen LogP contribution in [-0.4, -0.2) is 11.9 Å². The van der Waals surface area contributed by atoms with Crippen LogP contribution < -0.4 is 5.32 Å². The fourth-order valence-corrected chi connectivity index (χ4v) is 1.25. The first kappa shape index (κ1) is 13.1. The smallest absolute Gasteiger partial charge is 0.255 e. The van der Waals surface area contributed by atoms with Crippen molar-refractivity contribution in [2.24, 2.45) is 5.92 Å². The molecule has 1 aromatic carbocycles. The number of hydrogen-bond acceptors (Lipinski definition) is 2. The number of hydrogen-bond donors (Lipinski definition) is 1. The molecule has 1 amide bonds. The van der Waals surface area contributed by atoms with Crippen molar-refractivity contribution in [3.05, 3.63) is 35.4 Å². The maximum atomic E-state index is 13.3. The molecular formula is C12H12F2N2O. The highest BCUT2D eigenvalue weighted by atomic mass is 19.2. The van der Waals surface area contributed by atoms with E-state index < -0.39 is 29.1 Å². The van der Waals surface area contributed by atoms with E-state index in [0.717, 1.165) is 6.07 Å². The fraction of sp³-hybridized carbons (Fsp3) is 0.333. The van der Waals surface area contributed by atoms with E-state index in [-0.39, 0.29) is 5.92 Å². The van der Waals surface area contributed by atoms with Gasteiger partial charge < -0.3 is 5.32 Å². The van der Waals surface area contributed by atoms with E-state index in [2.05, 4.69) is 5.32 Å². The first-order valence-corrected chi connectivity index (χ1v) is 5.12. The van der Waals surface area contributed by atoms with Crippen molar-refractivity contribution in [2.45, 2.75) is 19.9 Å². The second-order valence-electron chi connectivity index (χ2n) is 3.93. The van der Waals surface area contributed by atoms with Crippen LogP contribution in [0.1, 0.15) is 24.2 Å². The van der Waals surface area contributed by atoms with Crippen molar-refractivity contribution < 1.29 is 13.6 Å². The average molecular weight is 238 g/mol. The van der Waals surface area contributed by atoms with Gasteiger partial charge in [0.15, 0.2) is 11.6 Å². The number of nitrogens with zero attached hydrogens (tertiary/aromatic N) is 1. The van der Waals surface area contributed by atoms with Gasteiger partial charge in [0, 0.05) is 0 Å². The number of carbonyl (C=O) groups is 1. The Bertz CT molecular complexity index is 466. The maximum absolute atomic E-state index is 13.3. The summed E-state index contributed by atoms with van der Waals surface area (Å²) in [5.74, 6) is -3.19. The summed E-state index contributed by atoms with van der Waals surface area (Å²) < 4.78 is 26.2. The number of benzene rings is 1. The minimum absolute atomic E-state index is 0.111. The van der Waals surface area contributed by atoms with Crippen molar-refractivity contribution in [3.63, 3.8) is 0 Å². The molecule has 0 aliphatic rings. The molecule has 0 fully saturated rings. The Morgan fingerprint density at radius 1 is 1.41 bits per heavy atom. The van der Waals surface area contributed by atoms with Gasteiger partial charge in [-0.3, -0.25) is 4.79 Å². The monoisotopic (exact) mass is 238 g/mol. The summed E-state index contributed by atoms with van der Waals surface area (Å²) in [6.07, 6.45) is 0. The van der Waals surface area contributed by atoms with Crippen LogP contribution in [-0.2, 0) is 0 Å². The van der Waals surface area contributed by atoms with E-state index >= 15 is 0 Å². The van der Waals surface area contributed by atoms with Crippen LogP contribution in [0.3, 0.4) is 0 Å². The van der Waals surface area contributed by atoms with Gasteiger partial charge in [0.1, 0.15) is 6.04 Å². The summed E-state index contributed by atoms with van der Waals surface area (Å²) >= 11 is 0. The Morgan fingerprint density at radius 2 is 2.06 bits per heavy atom. The van der Waals surface area contributed by atoms with Gasteiger partial charge in [-0.1, -0.05) is 19.9 Å².